The van der Waals surface area contributed by atoms with Crippen LogP contribution >= 0.6 is 0 Å². The summed E-state index contributed by atoms with van der Waals surface area (Å²) >= 11 is 0. The molecule has 2 heterocycles. The van der Waals surface area contributed by atoms with Gasteiger partial charge in [-0.1, -0.05) is 13.3 Å². The first kappa shape index (κ1) is 14.8. The molecule has 0 aromatic rings. The van der Waals surface area contributed by atoms with Gasteiger partial charge in [-0.2, -0.15) is 0 Å². The van der Waals surface area contributed by atoms with Crippen molar-refractivity contribution in [1.29, 1.82) is 0 Å². The molecule has 0 radical (unpaired) electrons. The van der Waals surface area contributed by atoms with Crippen LogP contribution in [0.2, 0.25) is 0 Å². The lowest BCUT2D eigenvalue weighted by molar-refractivity contribution is -0.181. The standard InChI is InChI=1S/C17H30O3/c1-2-14-3-6-17(18,7-4-14)15-5-10-20-16(13-15)8-11-19-12-9-16/h14-15,18H,2-13H2,1H3. The summed E-state index contributed by atoms with van der Waals surface area (Å²) in [5.74, 6) is 1.28. The molecule has 116 valence electrons. The highest BCUT2D eigenvalue weighted by molar-refractivity contribution is 4.98. The van der Waals surface area contributed by atoms with E-state index in [4.69, 9.17) is 9.47 Å². The third-order valence-electron chi connectivity index (χ3n) is 6.21. The van der Waals surface area contributed by atoms with E-state index in [-0.39, 0.29) is 5.60 Å². The van der Waals surface area contributed by atoms with Gasteiger partial charge < -0.3 is 14.6 Å². The van der Waals surface area contributed by atoms with Crippen LogP contribution in [0.25, 0.3) is 0 Å². The van der Waals surface area contributed by atoms with Crippen LogP contribution in [0.15, 0.2) is 0 Å². The van der Waals surface area contributed by atoms with Gasteiger partial charge in [0.15, 0.2) is 0 Å². The molecule has 1 saturated carbocycles. The molecule has 2 saturated heterocycles. The number of rotatable bonds is 2. The van der Waals surface area contributed by atoms with E-state index in [9.17, 15) is 5.11 Å². The minimum absolute atomic E-state index is 0.0124. The molecule has 0 aromatic heterocycles. The summed E-state index contributed by atoms with van der Waals surface area (Å²) in [4.78, 5) is 0. The molecule has 0 aromatic carbocycles. The fourth-order valence-electron chi connectivity index (χ4n) is 4.57. The summed E-state index contributed by atoms with van der Waals surface area (Å²) in [6, 6.07) is 0. The topological polar surface area (TPSA) is 38.7 Å². The second-order valence-electron chi connectivity index (χ2n) is 7.29. The quantitative estimate of drug-likeness (QED) is 0.844. The molecular weight excluding hydrogens is 252 g/mol. The lowest BCUT2D eigenvalue weighted by Crippen LogP contribution is -2.51. The lowest BCUT2D eigenvalue weighted by atomic mass is 9.66. The van der Waals surface area contributed by atoms with Crippen molar-refractivity contribution in [2.24, 2.45) is 11.8 Å². The smallest absolute Gasteiger partial charge is 0.0730 e. The van der Waals surface area contributed by atoms with E-state index in [1.54, 1.807) is 0 Å². The van der Waals surface area contributed by atoms with Crippen molar-refractivity contribution >= 4 is 0 Å². The Morgan fingerprint density at radius 1 is 1.00 bits per heavy atom. The van der Waals surface area contributed by atoms with Crippen LogP contribution in [0.3, 0.4) is 0 Å². The minimum Gasteiger partial charge on any atom is -0.390 e. The molecule has 3 nitrogen and oxygen atoms in total. The van der Waals surface area contributed by atoms with E-state index in [1.165, 1.54) is 19.3 Å². The van der Waals surface area contributed by atoms with E-state index in [0.717, 1.165) is 64.3 Å². The van der Waals surface area contributed by atoms with Crippen molar-refractivity contribution < 1.29 is 14.6 Å². The molecule has 1 aliphatic carbocycles. The van der Waals surface area contributed by atoms with Crippen LogP contribution in [0.1, 0.15) is 64.7 Å². The minimum atomic E-state index is -0.416. The van der Waals surface area contributed by atoms with Crippen LogP contribution in [-0.2, 0) is 9.47 Å². The summed E-state index contributed by atoms with van der Waals surface area (Å²) in [7, 11) is 0. The highest BCUT2D eigenvalue weighted by atomic mass is 16.5. The highest BCUT2D eigenvalue weighted by Gasteiger charge is 2.47. The first-order valence-corrected chi connectivity index (χ1v) is 8.60. The van der Waals surface area contributed by atoms with Crippen molar-refractivity contribution in [3.05, 3.63) is 0 Å². The number of ether oxygens (including phenoxy) is 2. The van der Waals surface area contributed by atoms with E-state index in [2.05, 4.69) is 6.92 Å². The third-order valence-corrected chi connectivity index (χ3v) is 6.21. The van der Waals surface area contributed by atoms with Gasteiger partial charge in [-0.15, -0.1) is 0 Å². The van der Waals surface area contributed by atoms with Crippen molar-refractivity contribution in [1.82, 2.24) is 0 Å². The molecule has 0 bridgehead atoms. The fourth-order valence-corrected chi connectivity index (χ4v) is 4.57. The SMILES string of the molecule is CCC1CCC(O)(C2CCOC3(CCOCC3)C2)CC1. The molecule has 0 amide bonds. The molecular formula is C17H30O3. The predicted molar refractivity (Wildman–Crippen MR) is 78.7 cm³/mol. The third kappa shape index (κ3) is 2.90. The largest absolute Gasteiger partial charge is 0.390 e. The molecule has 1 atom stereocenters. The summed E-state index contributed by atoms with van der Waals surface area (Å²) in [6.45, 7) is 4.75. The number of hydrogen-bond donors (Lipinski definition) is 1. The van der Waals surface area contributed by atoms with E-state index >= 15 is 0 Å². The monoisotopic (exact) mass is 282 g/mol. The first-order chi connectivity index (χ1) is 9.66. The van der Waals surface area contributed by atoms with Crippen LogP contribution in [0.5, 0.6) is 0 Å². The van der Waals surface area contributed by atoms with E-state index in [1.807, 2.05) is 0 Å². The van der Waals surface area contributed by atoms with E-state index < -0.39 is 5.60 Å². The average Bonchev–Trinajstić information content (AvgIpc) is 2.49. The molecule has 3 heteroatoms. The Morgan fingerprint density at radius 3 is 2.35 bits per heavy atom. The molecule has 1 spiro atoms. The van der Waals surface area contributed by atoms with Crippen molar-refractivity contribution in [2.75, 3.05) is 19.8 Å². The Bertz CT molecular complexity index is 309. The zero-order valence-corrected chi connectivity index (χ0v) is 12.9. The molecule has 1 unspecified atom stereocenters. The fraction of sp³-hybridized carbons (Fsp3) is 1.00. The van der Waals surface area contributed by atoms with Crippen LogP contribution < -0.4 is 0 Å². The van der Waals surface area contributed by atoms with Gasteiger partial charge in [-0.3, -0.25) is 0 Å². The molecule has 3 aliphatic rings. The van der Waals surface area contributed by atoms with Gasteiger partial charge >= 0.3 is 0 Å². The zero-order chi connectivity index (χ0) is 14.1. The van der Waals surface area contributed by atoms with Gasteiger partial charge in [-0.25, -0.2) is 0 Å². The van der Waals surface area contributed by atoms with Crippen LogP contribution in [0.4, 0.5) is 0 Å². The molecule has 3 rings (SSSR count). The Morgan fingerprint density at radius 2 is 1.70 bits per heavy atom. The maximum atomic E-state index is 11.1. The summed E-state index contributed by atoms with van der Waals surface area (Å²) in [5.41, 5.74) is -0.404. The number of hydrogen-bond acceptors (Lipinski definition) is 3. The molecule has 2 aliphatic heterocycles. The maximum Gasteiger partial charge on any atom is 0.0730 e. The van der Waals surface area contributed by atoms with Crippen LogP contribution in [0, 0.1) is 11.8 Å². The summed E-state index contributed by atoms with van der Waals surface area (Å²) in [5, 5.41) is 11.1. The Labute approximate surface area is 123 Å². The van der Waals surface area contributed by atoms with Gasteiger partial charge in [0.25, 0.3) is 0 Å². The van der Waals surface area contributed by atoms with Crippen molar-refractivity contribution in [2.45, 2.75) is 75.9 Å². The van der Waals surface area contributed by atoms with Gasteiger partial charge in [-0.05, 0) is 63.2 Å². The van der Waals surface area contributed by atoms with Gasteiger partial charge in [0.1, 0.15) is 0 Å². The predicted octanol–water partition coefficient (Wildman–Crippen LogP) is 3.29. The average molecular weight is 282 g/mol. The maximum absolute atomic E-state index is 11.1. The van der Waals surface area contributed by atoms with Crippen molar-refractivity contribution in [3.8, 4) is 0 Å². The molecule has 3 fully saturated rings. The second kappa shape index (κ2) is 5.94. The molecule has 20 heavy (non-hydrogen) atoms. The van der Waals surface area contributed by atoms with Gasteiger partial charge in [0, 0.05) is 19.8 Å². The van der Waals surface area contributed by atoms with Gasteiger partial charge in [0.05, 0.1) is 11.2 Å². The normalized spacial score (nSPS) is 41.7. The van der Waals surface area contributed by atoms with Gasteiger partial charge in [0.2, 0.25) is 0 Å². The zero-order valence-electron chi connectivity index (χ0n) is 12.9. The first-order valence-electron chi connectivity index (χ1n) is 8.60. The summed E-state index contributed by atoms with van der Waals surface area (Å²) in [6.07, 6.45) is 9.80. The van der Waals surface area contributed by atoms with Crippen molar-refractivity contribution in [3.63, 3.8) is 0 Å². The molecule has 1 N–H and O–H groups in total. The Hall–Kier alpha value is -0.120. The second-order valence-corrected chi connectivity index (χ2v) is 7.29. The lowest BCUT2D eigenvalue weighted by Gasteiger charge is -2.50. The highest BCUT2D eigenvalue weighted by Crippen LogP contribution is 2.46. The Kier molecular flexibility index (Phi) is 4.40. The Balaban J connectivity index is 1.64. The number of aliphatic hydroxyl groups is 1. The van der Waals surface area contributed by atoms with Crippen LogP contribution in [-0.4, -0.2) is 36.1 Å². The summed E-state index contributed by atoms with van der Waals surface area (Å²) < 4.78 is 11.6. The van der Waals surface area contributed by atoms with E-state index in [0.29, 0.717) is 5.92 Å².